The van der Waals surface area contributed by atoms with Crippen LogP contribution in [0.15, 0.2) is 24.3 Å². The molecule has 116 valence electrons. The van der Waals surface area contributed by atoms with Gasteiger partial charge in [-0.1, -0.05) is 0 Å². The summed E-state index contributed by atoms with van der Waals surface area (Å²) >= 11 is 1.23. The average molecular weight is 314 g/mol. The number of amides is 1. The Bertz CT molecular complexity index is 478. The van der Waals surface area contributed by atoms with Gasteiger partial charge >= 0.3 is 0 Å². The second-order valence-corrected chi connectivity index (χ2v) is 5.46. The van der Waals surface area contributed by atoms with Crippen LogP contribution in [0.3, 0.4) is 0 Å². The van der Waals surface area contributed by atoms with Gasteiger partial charge in [0.25, 0.3) is 0 Å². The molecule has 0 bridgehead atoms. The molecule has 0 fully saturated rings. The van der Waals surface area contributed by atoms with E-state index in [-0.39, 0.29) is 17.4 Å². The van der Waals surface area contributed by atoms with Crippen LogP contribution in [0.4, 0.5) is 4.39 Å². The van der Waals surface area contributed by atoms with Gasteiger partial charge in [0.2, 0.25) is 11.9 Å². The first-order valence-corrected chi connectivity index (χ1v) is 7.89. The molecule has 0 saturated heterocycles. The predicted molar refractivity (Wildman–Crippen MR) is 81.4 cm³/mol. The van der Waals surface area contributed by atoms with Gasteiger partial charge < -0.3 is 4.90 Å². The van der Waals surface area contributed by atoms with Crippen LogP contribution in [0, 0.1) is 15.9 Å². The Kier molecular flexibility index (Phi) is 7.14. The molecule has 1 aromatic rings. The third-order valence-corrected chi connectivity index (χ3v) is 4.13. The number of hydrogen-bond acceptors (Lipinski definition) is 4. The van der Waals surface area contributed by atoms with Gasteiger partial charge in [-0.3, -0.25) is 14.9 Å². The Morgan fingerprint density at radius 3 is 2.38 bits per heavy atom. The fourth-order valence-corrected chi connectivity index (χ4v) is 2.90. The number of benzene rings is 1. The molecular weight excluding hydrogens is 295 g/mol. The smallest absolute Gasteiger partial charge is 0.247 e. The van der Waals surface area contributed by atoms with Crippen LogP contribution in [0.2, 0.25) is 0 Å². The van der Waals surface area contributed by atoms with Gasteiger partial charge in [0, 0.05) is 23.6 Å². The second kappa shape index (κ2) is 8.61. The molecule has 0 radical (unpaired) electrons. The lowest BCUT2D eigenvalue weighted by molar-refractivity contribution is -0.522. The Labute approximate surface area is 127 Å². The van der Waals surface area contributed by atoms with Crippen molar-refractivity contribution in [2.45, 2.75) is 19.9 Å². The Morgan fingerprint density at radius 1 is 1.33 bits per heavy atom. The molecule has 0 aromatic heterocycles. The third kappa shape index (κ3) is 5.34. The van der Waals surface area contributed by atoms with Crippen molar-refractivity contribution in [3.8, 4) is 0 Å². The van der Waals surface area contributed by atoms with Crippen molar-refractivity contribution >= 4 is 17.7 Å². The summed E-state index contributed by atoms with van der Waals surface area (Å²) in [5, 5.41) is 11.1. The summed E-state index contributed by atoms with van der Waals surface area (Å²) in [6.07, 6.45) is 0. The highest BCUT2D eigenvalue weighted by atomic mass is 32.2. The summed E-state index contributed by atoms with van der Waals surface area (Å²) in [6.45, 7) is 5.05. The molecule has 0 aliphatic rings. The minimum Gasteiger partial charge on any atom is -0.343 e. The van der Waals surface area contributed by atoms with Crippen LogP contribution in [0.1, 0.15) is 25.5 Å². The maximum absolute atomic E-state index is 12.9. The van der Waals surface area contributed by atoms with Crippen LogP contribution in [0.5, 0.6) is 0 Å². The molecule has 5 nitrogen and oxygen atoms in total. The first-order chi connectivity index (χ1) is 9.99. The zero-order valence-corrected chi connectivity index (χ0v) is 12.9. The number of nitro groups is 1. The minimum absolute atomic E-state index is 0.0220. The average Bonchev–Trinajstić information content (AvgIpc) is 2.46. The fourth-order valence-electron chi connectivity index (χ4n) is 1.89. The van der Waals surface area contributed by atoms with E-state index in [0.29, 0.717) is 18.7 Å². The number of carbonyl (C=O) groups is 1. The maximum Gasteiger partial charge on any atom is 0.247 e. The topological polar surface area (TPSA) is 63.5 Å². The summed E-state index contributed by atoms with van der Waals surface area (Å²) < 4.78 is 12.9. The highest BCUT2D eigenvalue weighted by Gasteiger charge is 2.23. The van der Waals surface area contributed by atoms with E-state index in [9.17, 15) is 19.3 Å². The largest absolute Gasteiger partial charge is 0.343 e. The minimum atomic E-state index is -0.930. The lowest BCUT2D eigenvalue weighted by atomic mass is 10.1. The molecular formula is C14H19FN2O3S. The van der Waals surface area contributed by atoms with Crippen molar-refractivity contribution < 1.29 is 14.1 Å². The van der Waals surface area contributed by atoms with E-state index < -0.39 is 16.8 Å². The Morgan fingerprint density at radius 2 is 1.90 bits per heavy atom. The standard InChI is InChI=1S/C14H19FN2O3S/c1-3-16(4-2)14(18)10-21-9-13(17(19)20)11-5-7-12(15)8-6-11/h5-8,13H,3-4,9-10H2,1-2H3. The second-order valence-electron chi connectivity index (χ2n) is 4.43. The molecule has 1 unspecified atom stereocenters. The zero-order valence-electron chi connectivity index (χ0n) is 12.1. The summed E-state index contributed by atoms with van der Waals surface area (Å²) in [4.78, 5) is 24.2. The maximum atomic E-state index is 12.9. The zero-order chi connectivity index (χ0) is 15.8. The molecule has 1 aromatic carbocycles. The van der Waals surface area contributed by atoms with Gasteiger partial charge in [-0.25, -0.2) is 4.39 Å². The number of halogens is 1. The number of hydrogen-bond donors (Lipinski definition) is 0. The number of thioether (sulfide) groups is 1. The summed E-state index contributed by atoms with van der Waals surface area (Å²) in [5.41, 5.74) is 0.448. The summed E-state index contributed by atoms with van der Waals surface area (Å²) in [5.74, 6) is -0.0461. The van der Waals surface area contributed by atoms with Crippen molar-refractivity contribution in [2.75, 3.05) is 24.6 Å². The van der Waals surface area contributed by atoms with E-state index >= 15 is 0 Å². The molecule has 7 heteroatoms. The van der Waals surface area contributed by atoms with Crippen LogP contribution in [0.25, 0.3) is 0 Å². The van der Waals surface area contributed by atoms with Crippen LogP contribution < -0.4 is 0 Å². The van der Waals surface area contributed by atoms with E-state index in [2.05, 4.69) is 0 Å². The summed E-state index contributed by atoms with van der Waals surface area (Å²) in [6, 6.07) is 4.31. The van der Waals surface area contributed by atoms with Crippen molar-refractivity contribution in [3.63, 3.8) is 0 Å². The molecule has 0 spiro atoms. The lowest BCUT2D eigenvalue weighted by Gasteiger charge is -2.18. The van der Waals surface area contributed by atoms with Gasteiger partial charge in [-0.05, 0) is 38.1 Å². The van der Waals surface area contributed by atoms with Gasteiger partial charge in [0.15, 0.2) is 0 Å². The third-order valence-electron chi connectivity index (χ3n) is 3.13. The number of nitrogens with zero attached hydrogens (tertiary/aromatic N) is 2. The van der Waals surface area contributed by atoms with E-state index in [1.165, 1.54) is 36.0 Å². The van der Waals surface area contributed by atoms with Crippen LogP contribution in [-0.4, -0.2) is 40.3 Å². The van der Waals surface area contributed by atoms with Crippen LogP contribution >= 0.6 is 11.8 Å². The normalized spacial score (nSPS) is 12.0. The van der Waals surface area contributed by atoms with Gasteiger partial charge in [-0.15, -0.1) is 11.8 Å². The monoisotopic (exact) mass is 314 g/mol. The van der Waals surface area contributed by atoms with Crippen molar-refractivity contribution in [1.29, 1.82) is 0 Å². The Hall–Kier alpha value is -1.63. The molecule has 0 aliphatic heterocycles. The number of carbonyl (C=O) groups excluding carboxylic acids is 1. The van der Waals surface area contributed by atoms with Gasteiger partial charge in [0.05, 0.1) is 11.5 Å². The predicted octanol–water partition coefficient (Wildman–Crippen LogP) is 2.75. The molecule has 0 aliphatic carbocycles. The molecule has 0 saturated carbocycles. The first kappa shape index (κ1) is 17.4. The molecule has 1 atom stereocenters. The van der Waals surface area contributed by atoms with Crippen LogP contribution in [-0.2, 0) is 4.79 Å². The molecule has 0 N–H and O–H groups in total. The highest BCUT2D eigenvalue weighted by Crippen LogP contribution is 2.22. The van der Waals surface area contributed by atoms with E-state index in [1.54, 1.807) is 4.90 Å². The quantitative estimate of drug-likeness (QED) is 0.547. The number of rotatable bonds is 8. The molecule has 0 heterocycles. The van der Waals surface area contributed by atoms with Gasteiger partial charge in [-0.2, -0.15) is 0 Å². The van der Waals surface area contributed by atoms with Crippen molar-refractivity contribution in [3.05, 3.63) is 45.8 Å². The Balaban J connectivity index is 2.59. The van der Waals surface area contributed by atoms with E-state index in [4.69, 9.17) is 0 Å². The molecule has 1 rings (SSSR count). The molecule has 1 amide bonds. The lowest BCUT2D eigenvalue weighted by Crippen LogP contribution is -2.32. The SMILES string of the molecule is CCN(CC)C(=O)CSCC(c1ccc(F)cc1)[N+](=O)[O-]. The van der Waals surface area contributed by atoms with E-state index in [1.807, 2.05) is 13.8 Å². The van der Waals surface area contributed by atoms with Crippen molar-refractivity contribution in [2.24, 2.45) is 0 Å². The van der Waals surface area contributed by atoms with Gasteiger partial charge in [0.1, 0.15) is 5.82 Å². The summed E-state index contributed by atoms with van der Waals surface area (Å²) in [7, 11) is 0. The fraction of sp³-hybridized carbons (Fsp3) is 0.500. The van der Waals surface area contributed by atoms with E-state index in [0.717, 1.165) is 0 Å². The van der Waals surface area contributed by atoms with Crippen molar-refractivity contribution in [1.82, 2.24) is 4.90 Å². The highest BCUT2D eigenvalue weighted by molar-refractivity contribution is 7.99. The first-order valence-electron chi connectivity index (χ1n) is 6.74. The molecule has 21 heavy (non-hydrogen) atoms.